The zero-order valence-electron chi connectivity index (χ0n) is 20.3. The number of halogens is 2. The van der Waals surface area contributed by atoms with Gasteiger partial charge in [0.25, 0.3) is 0 Å². The molecule has 0 spiro atoms. The van der Waals surface area contributed by atoms with Crippen molar-refractivity contribution in [3.8, 4) is 0 Å². The van der Waals surface area contributed by atoms with E-state index in [1.807, 2.05) is 0 Å². The SMILES string of the molecule is CC(C)C1=Cc2ccccc2[CH]1[Hf+2]1([CH]2C(C(C)C)=Cc3ccccc32)[CH]2CCCC[CH]21.[Cl-].[Cl-]. The Kier molecular flexibility index (Phi) is 7.28. The van der Waals surface area contributed by atoms with Crippen molar-refractivity contribution in [2.75, 3.05) is 0 Å². The summed E-state index contributed by atoms with van der Waals surface area (Å²) in [5.74, 6) is 1.31. The van der Waals surface area contributed by atoms with Crippen molar-refractivity contribution in [3.05, 3.63) is 81.9 Å². The van der Waals surface area contributed by atoms with Crippen molar-refractivity contribution in [1.82, 2.24) is 0 Å². The van der Waals surface area contributed by atoms with Gasteiger partial charge in [-0.1, -0.05) is 0 Å². The van der Waals surface area contributed by atoms with Gasteiger partial charge in [-0.3, -0.25) is 0 Å². The van der Waals surface area contributed by atoms with E-state index in [1.165, 1.54) is 25.7 Å². The van der Waals surface area contributed by atoms with Crippen LogP contribution in [0.3, 0.4) is 0 Å². The number of fused-ring (bicyclic) bond motifs is 3. The van der Waals surface area contributed by atoms with Crippen LogP contribution in [0.1, 0.15) is 83.0 Å². The summed E-state index contributed by atoms with van der Waals surface area (Å²) >= 11 is -2.90. The van der Waals surface area contributed by atoms with Crippen LogP contribution in [0.5, 0.6) is 0 Å². The predicted molar refractivity (Wildman–Crippen MR) is 130 cm³/mol. The standard InChI is InChI=1S/2C12H13.C6H10.2ClH.Hf/c2*1-9(2)12-7-10-5-3-4-6-11(10)8-12;1-2-4-6-5-3-1;;;/h2*3-9H,1-2H3;1-2H,3-6H2;2*1H;/q;;;;;+2/p-2. The molecule has 3 heteroatoms. The molecule has 174 valence electrons. The monoisotopic (exact) mass is 646 g/mol. The predicted octanol–water partition coefficient (Wildman–Crippen LogP) is 2.90. The molecule has 1 heterocycles. The van der Waals surface area contributed by atoms with Crippen molar-refractivity contribution in [2.24, 2.45) is 11.8 Å². The van der Waals surface area contributed by atoms with Gasteiger partial charge in [0, 0.05) is 0 Å². The molecule has 33 heavy (non-hydrogen) atoms. The molecular weight excluding hydrogens is 610 g/mol. The Morgan fingerprint density at radius 1 is 0.636 bits per heavy atom. The molecule has 0 amide bonds. The summed E-state index contributed by atoms with van der Waals surface area (Å²) < 4.78 is 3.79. The molecule has 0 radical (unpaired) electrons. The van der Waals surface area contributed by atoms with Crippen LogP contribution in [-0.4, -0.2) is 0 Å². The number of benzene rings is 2. The van der Waals surface area contributed by atoms with Crippen molar-refractivity contribution in [2.45, 2.75) is 68.1 Å². The Balaban J connectivity index is 0.00000130. The number of hydrogen-bond donors (Lipinski definition) is 0. The zero-order valence-corrected chi connectivity index (χ0v) is 25.4. The largest absolute Gasteiger partial charge is 1.00 e. The second kappa shape index (κ2) is 9.44. The first-order valence-electron chi connectivity index (χ1n) is 12.7. The van der Waals surface area contributed by atoms with Gasteiger partial charge in [-0.2, -0.15) is 0 Å². The topological polar surface area (TPSA) is 0 Å². The molecule has 0 nitrogen and oxygen atoms in total. The zero-order chi connectivity index (χ0) is 21.3. The Labute approximate surface area is 217 Å². The summed E-state index contributed by atoms with van der Waals surface area (Å²) in [6.45, 7) is 9.83. The molecule has 2 fully saturated rings. The van der Waals surface area contributed by atoms with E-state index in [0.717, 1.165) is 14.7 Å². The minimum atomic E-state index is -2.90. The van der Waals surface area contributed by atoms with Gasteiger partial charge in [-0.25, -0.2) is 0 Å². The molecule has 4 aliphatic rings. The van der Waals surface area contributed by atoms with E-state index in [1.54, 1.807) is 33.4 Å². The van der Waals surface area contributed by atoms with Crippen LogP contribution < -0.4 is 24.8 Å². The van der Waals surface area contributed by atoms with E-state index in [4.69, 9.17) is 0 Å². The van der Waals surface area contributed by atoms with E-state index in [0.29, 0.717) is 11.8 Å². The fraction of sp³-hybridized carbons (Fsp3) is 0.467. The van der Waals surface area contributed by atoms with E-state index in [2.05, 4.69) is 88.4 Å². The van der Waals surface area contributed by atoms with E-state index in [-0.39, 0.29) is 24.8 Å². The first kappa shape index (κ1) is 25.5. The van der Waals surface area contributed by atoms with Gasteiger partial charge >= 0.3 is 194 Å². The van der Waals surface area contributed by atoms with Gasteiger partial charge < -0.3 is 24.8 Å². The maximum absolute atomic E-state index is 2.90. The first-order chi connectivity index (χ1) is 15.0. The Morgan fingerprint density at radius 2 is 1.03 bits per heavy atom. The van der Waals surface area contributed by atoms with Crippen LogP contribution in [0.25, 0.3) is 12.2 Å². The second-order valence-electron chi connectivity index (χ2n) is 11.2. The van der Waals surface area contributed by atoms with E-state index >= 15 is 0 Å². The van der Waals surface area contributed by atoms with Crippen LogP contribution >= 0.6 is 0 Å². The molecule has 1 saturated carbocycles. The number of rotatable bonds is 4. The molecule has 3 aliphatic carbocycles. The molecule has 4 unspecified atom stereocenters. The third-order valence-corrected chi connectivity index (χ3v) is 33.8. The molecule has 2 aromatic carbocycles. The molecule has 1 aliphatic heterocycles. The second-order valence-corrected chi connectivity index (χ2v) is 27.9. The average molecular weight is 646 g/mol. The van der Waals surface area contributed by atoms with E-state index < -0.39 is 20.0 Å². The Bertz CT molecular complexity index is 1010. The molecule has 0 bridgehead atoms. The molecule has 2 aromatic rings. The summed E-state index contributed by atoms with van der Waals surface area (Å²) in [7, 11) is 0. The molecular formula is C30H36Cl2Hf. The molecule has 0 N–H and O–H groups in total. The molecule has 6 rings (SSSR count). The third-order valence-electron chi connectivity index (χ3n) is 9.20. The smallest absolute Gasteiger partial charge is 1.00 e. The van der Waals surface area contributed by atoms with Crippen molar-refractivity contribution >= 4 is 12.2 Å². The maximum Gasteiger partial charge on any atom is -1.00 e. The van der Waals surface area contributed by atoms with Gasteiger partial charge in [0.05, 0.1) is 0 Å². The van der Waals surface area contributed by atoms with Gasteiger partial charge in [0.1, 0.15) is 0 Å². The minimum Gasteiger partial charge on any atom is -1.00 e. The number of allylic oxidation sites excluding steroid dienone is 2. The molecule has 4 atom stereocenters. The fourth-order valence-electron chi connectivity index (χ4n) is 8.05. The van der Waals surface area contributed by atoms with Crippen LogP contribution in [0.2, 0.25) is 7.35 Å². The summed E-state index contributed by atoms with van der Waals surface area (Å²) in [6, 6.07) is 19.0. The van der Waals surface area contributed by atoms with Crippen LogP contribution in [-0.2, 0) is 20.0 Å². The van der Waals surface area contributed by atoms with Crippen molar-refractivity contribution in [3.63, 3.8) is 0 Å². The van der Waals surface area contributed by atoms with Crippen LogP contribution in [0.15, 0.2) is 59.7 Å². The normalized spacial score (nSPS) is 29.2. The fourth-order valence-corrected chi connectivity index (χ4v) is 44.4. The molecule has 1 saturated heterocycles. The quantitative estimate of drug-likeness (QED) is 0.449. The summed E-state index contributed by atoms with van der Waals surface area (Å²) in [5, 5.41) is 0. The molecule has 0 aromatic heterocycles. The van der Waals surface area contributed by atoms with Crippen molar-refractivity contribution in [1.29, 1.82) is 0 Å². The summed E-state index contributed by atoms with van der Waals surface area (Å²) in [5.41, 5.74) is 10.1. The van der Waals surface area contributed by atoms with Gasteiger partial charge in [-0.15, -0.1) is 0 Å². The van der Waals surface area contributed by atoms with Crippen LogP contribution in [0.4, 0.5) is 0 Å². The average Bonchev–Trinajstić information content (AvgIpc) is 3.09. The number of hydrogen-bond acceptors (Lipinski definition) is 0. The Morgan fingerprint density at radius 3 is 1.42 bits per heavy atom. The Hall–Kier alpha value is -0.630. The van der Waals surface area contributed by atoms with Gasteiger partial charge in [0.15, 0.2) is 0 Å². The van der Waals surface area contributed by atoms with Gasteiger partial charge in [0.2, 0.25) is 0 Å². The summed E-state index contributed by atoms with van der Waals surface area (Å²) in [6.07, 6.45) is 11.3. The van der Waals surface area contributed by atoms with E-state index in [9.17, 15) is 0 Å². The first-order valence-corrected chi connectivity index (χ1v) is 21.0. The third kappa shape index (κ3) is 3.63. The minimum absolute atomic E-state index is 0. The maximum atomic E-state index is 2.62. The van der Waals surface area contributed by atoms with Crippen LogP contribution in [0, 0.1) is 11.8 Å². The van der Waals surface area contributed by atoms with Gasteiger partial charge in [-0.05, 0) is 0 Å². The van der Waals surface area contributed by atoms with Crippen molar-refractivity contribution < 1.29 is 44.8 Å². The summed E-state index contributed by atoms with van der Waals surface area (Å²) in [4.78, 5) is 0.